The van der Waals surface area contributed by atoms with Gasteiger partial charge in [-0.1, -0.05) is 30.3 Å². The maximum Gasteiger partial charge on any atom is 0.410 e. The van der Waals surface area contributed by atoms with Crippen LogP contribution in [0.3, 0.4) is 0 Å². The number of likely N-dealkylation sites (tertiary alicyclic amines) is 1. The lowest BCUT2D eigenvalue weighted by atomic mass is 9.73. The van der Waals surface area contributed by atoms with E-state index in [0.717, 1.165) is 44.6 Å². The summed E-state index contributed by atoms with van der Waals surface area (Å²) in [6.45, 7) is 4.31. The van der Waals surface area contributed by atoms with Crippen LogP contribution in [0.2, 0.25) is 0 Å². The maximum atomic E-state index is 12.2. The van der Waals surface area contributed by atoms with Gasteiger partial charge in [-0.25, -0.2) is 4.79 Å². The number of carbonyl (C=O) groups excluding carboxylic acids is 1. The summed E-state index contributed by atoms with van der Waals surface area (Å²) in [6.07, 6.45) is 5.89. The zero-order chi connectivity index (χ0) is 15.3. The molecule has 4 nitrogen and oxygen atoms in total. The number of ether oxygens (including phenoxy) is 1. The van der Waals surface area contributed by atoms with Crippen molar-refractivity contribution in [2.45, 2.75) is 38.7 Å². The lowest BCUT2D eigenvalue weighted by Crippen LogP contribution is -2.43. The molecular weight excluding hydrogens is 276 g/mol. The lowest BCUT2D eigenvalue weighted by Gasteiger charge is -2.41. The highest BCUT2D eigenvalue weighted by Gasteiger charge is 2.36. The predicted molar refractivity (Wildman–Crippen MR) is 86.6 cm³/mol. The van der Waals surface area contributed by atoms with Crippen LogP contribution in [0, 0.1) is 5.41 Å². The molecule has 120 valence electrons. The molecule has 1 aromatic carbocycles. The molecule has 1 aromatic rings. The first-order valence-corrected chi connectivity index (χ1v) is 8.44. The largest absolute Gasteiger partial charge is 0.445 e. The van der Waals surface area contributed by atoms with Crippen LogP contribution in [0.15, 0.2) is 30.3 Å². The van der Waals surface area contributed by atoms with Crippen molar-refractivity contribution in [1.82, 2.24) is 10.2 Å². The standard InChI is InChI=1S/C18H26N2O2/c21-17(22-15-16-5-2-1-3-6-16)20-13-9-18(10-14-20)7-4-11-19-12-8-18/h1-3,5-6,19H,4,7-15H2. The molecule has 2 heterocycles. The highest BCUT2D eigenvalue weighted by molar-refractivity contribution is 5.67. The quantitative estimate of drug-likeness (QED) is 0.912. The summed E-state index contributed by atoms with van der Waals surface area (Å²) in [6, 6.07) is 9.87. The first-order valence-electron chi connectivity index (χ1n) is 8.44. The molecule has 0 bridgehead atoms. The van der Waals surface area contributed by atoms with Gasteiger partial charge in [-0.3, -0.25) is 0 Å². The van der Waals surface area contributed by atoms with Crippen LogP contribution in [-0.2, 0) is 11.3 Å². The number of nitrogens with zero attached hydrogens (tertiary/aromatic N) is 1. The molecular formula is C18H26N2O2. The third-order valence-corrected chi connectivity index (χ3v) is 5.18. The summed E-state index contributed by atoms with van der Waals surface area (Å²) >= 11 is 0. The van der Waals surface area contributed by atoms with Crippen LogP contribution in [-0.4, -0.2) is 37.2 Å². The van der Waals surface area contributed by atoms with E-state index in [1.54, 1.807) is 0 Å². The second kappa shape index (κ2) is 7.14. The molecule has 0 aromatic heterocycles. The summed E-state index contributed by atoms with van der Waals surface area (Å²) in [5.41, 5.74) is 1.50. The van der Waals surface area contributed by atoms with Crippen LogP contribution in [0.25, 0.3) is 0 Å². The molecule has 3 rings (SSSR count). The lowest BCUT2D eigenvalue weighted by molar-refractivity contribution is 0.0566. The molecule has 0 atom stereocenters. The minimum Gasteiger partial charge on any atom is -0.445 e. The Labute approximate surface area is 132 Å². The average molecular weight is 302 g/mol. The third kappa shape index (κ3) is 3.80. The molecule has 2 fully saturated rings. The average Bonchev–Trinajstić information content (AvgIpc) is 2.80. The SMILES string of the molecule is O=C(OCc1ccccc1)N1CCC2(CCCNCC2)CC1. The van der Waals surface area contributed by atoms with Crippen LogP contribution in [0.4, 0.5) is 4.79 Å². The van der Waals surface area contributed by atoms with E-state index in [0.29, 0.717) is 12.0 Å². The van der Waals surface area contributed by atoms with Gasteiger partial charge >= 0.3 is 6.09 Å². The number of benzene rings is 1. The smallest absolute Gasteiger partial charge is 0.410 e. The summed E-state index contributed by atoms with van der Waals surface area (Å²) in [7, 11) is 0. The summed E-state index contributed by atoms with van der Waals surface area (Å²) in [4.78, 5) is 14.1. The molecule has 0 saturated carbocycles. The van der Waals surface area contributed by atoms with Gasteiger partial charge in [0.1, 0.15) is 6.61 Å². The Morgan fingerprint density at radius 2 is 1.86 bits per heavy atom. The van der Waals surface area contributed by atoms with E-state index in [4.69, 9.17) is 4.74 Å². The van der Waals surface area contributed by atoms with Gasteiger partial charge in [0, 0.05) is 13.1 Å². The van der Waals surface area contributed by atoms with Crippen LogP contribution in [0.5, 0.6) is 0 Å². The van der Waals surface area contributed by atoms with Gasteiger partial charge in [-0.2, -0.15) is 0 Å². The Morgan fingerprint density at radius 3 is 2.64 bits per heavy atom. The van der Waals surface area contributed by atoms with E-state index in [-0.39, 0.29) is 6.09 Å². The van der Waals surface area contributed by atoms with Crippen molar-refractivity contribution in [2.24, 2.45) is 5.41 Å². The molecule has 0 unspecified atom stereocenters. The summed E-state index contributed by atoms with van der Waals surface area (Å²) in [5, 5.41) is 3.49. The number of nitrogens with one attached hydrogen (secondary N) is 1. The van der Waals surface area contributed by atoms with E-state index >= 15 is 0 Å². The highest BCUT2D eigenvalue weighted by Crippen LogP contribution is 2.40. The normalized spacial score (nSPS) is 21.4. The highest BCUT2D eigenvalue weighted by atomic mass is 16.6. The molecule has 1 amide bonds. The molecule has 2 saturated heterocycles. The molecule has 2 aliphatic heterocycles. The van der Waals surface area contributed by atoms with E-state index in [1.165, 1.54) is 19.3 Å². The predicted octanol–water partition coefficient (Wildman–Crippen LogP) is 3.18. The van der Waals surface area contributed by atoms with Crippen molar-refractivity contribution in [3.8, 4) is 0 Å². The molecule has 2 aliphatic rings. The van der Waals surface area contributed by atoms with Gasteiger partial charge in [0.15, 0.2) is 0 Å². The van der Waals surface area contributed by atoms with Crippen molar-refractivity contribution in [1.29, 1.82) is 0 Å². The molecule has 0 radical (unpaired) electrons. The van der Waals surface area contributed by atoms with Crippen molar-refractivity contribution in [3.05, 3.63) is 35.9 Å². The fraction of sp³-hybridized carbons (Fsp3) is 0.611. The van der Waals surface area contributed by atoms with Gasteiger partial charge < -0.3 is 15.0 Å². The fourth-order valence-electron chi connectivity index (χ4n) is 3.67. The minimum atomic E-state index is -0.162. The number of rotatable bonds is 2. The van der Waals surface area contributed by atoms with Crippen LogP contribution >= 0.6 is 0 Å². The number of amides is 1. The molecule has 22 heavy (non-hydrogen) atoms. The molecule has 1 spiro atoms. The van der Waals surface area contributed by atoms with Gasteiger partial charge in [0.25, 0.3) is 0 Å². The van der Waals surface area contributed by atoms with E-state index in [9.17, 15) is 4.79 Å². The van der Waals surface area contributed by atoms with E-state index in [1.807, 2.05) is 35.2 Å². The van der Waals surface area contributed by atoms with Gasteiger partial charge in [-0.05, 0) is 56.2 Å². The molecule has 4 heteroatoms. The van der Waals surface area contributed by atoms with Gasteiger partial charge in [0.05, 0.1) is 0 Å². The van der Waals surface area contributed by atoms with Crippen molar-refractivity contribution in [3.63, 3.8) is 0 Å². The second-order valence-corrected chi connectivity index (χ2v) is 6.63. The Hall–Kier alpha value is -1.55. The Balaban J connectivity index is 1.47. The summed E-state index contributed by atoms with van der Waals surface area (Å²) in [5.74, 6) is 0. The maximum absolute atomic E-state index is 12.2. The van der Waals surface area contributed by atoms with E-state index in [2.05, 4.69) is 5.32 Å². The minimum absolute atomic E-state index is 0.162. The van der Waals surface area contributed by atoms with Gasteiger partial charge in [-0.15, -0.1) is 0 Å². The molecule has 1 N–H and O–H groups in total. The van der Waals surface area contributed by atoms with Crippen LogP contribution < -0.4 is 5.32 Å². The Morgan fingerprint density at radius 1 is 1.09 bits per heavy atom. The number of piperidine rings is 1. The molecule has 0 aliphatic carbocycles. The number of hydrogen-bond acceptors (Lipinski definition) is 3. The third-order valence-electron chi connectivity index (χ3n) is 5.18. The zero-order valence-corrected chi connectivity index (χ0v) is 13.2. The zero-order valence-electron chi connectivity index (χ0n) is 13.2. The summed E-state index contributed by atoms with van der Waals surface area (Å²) < 4.78 is 5.44. The number of carbonyl (C=O) groups is 1. The number of hydrogen-bond donors (Lipinski definition) is 1. The fourth-order valence-corrected chi connectivity index (χ4v) is 3.67. The van der Waals surface area contributed by atoms with Crippen molar-refractivity contribution < 1.29 is 9.53 Å². The van der Waals surface area contributed by atoms with Crippen molar-refractivity contribution in [2.75, 3.05) is 26.2 Å². The topological polar surface area (TPSA) is 41.6 Å². The van der Waals surface area contributed by atoms with Crippen molar-refractivity contribution >= 4 is 6.09 Å². The second-order valence-electron chi connectivity index (χ2n) is 6.63. The van der Waals surface area contributed by atoms with E-state index < -0.39 is 0 Å². The first kappa shape index (κ1) is 15.3. The Kier molecular flexibility index (Phi) is 4.98. The monoisotopic (exact) mass is 302 g/mol. The van der Waals surface area contributed by atoms with Crippen LogP contribution in [0.1, 0.15) is 37.7 Å². The van der Waals surface area contributed by atoms with Gasteiger partial charge in [0.2, 0.25) is 0 Å². The first-order chi connectivity index (χ1) is 10.8. The Bertz CT molecular complexity index is 471.